The summed E-state index contributed by atoms with van der Waals surface area (Å²) in [7, 11) is 0. The standard InChI is InChI=1S/C6H10N2O/c1-5(2)3-4-8-6(7)9/h3-4H,1H2,2H3,(H3,7,8,9). The van der Waals surface area contributed by atoms with Crippen LogP contribution in [-0.4, -0.2) is 6.03 Å². The van der Waals surface area contributed by atoms with E-state index in [9.17, 15) is 4.79 Å². The van der Waals surface area contributed by atoms with Crippen LogP contribution in [0.15, 0.2) is 24.4 Å². The van der Waals surface area contributed by atoms with E-state index < -0.39 is 6.03 Å². The zero-order chi connectivity index (χ0) is 7.28. The minimum atomic E-state index is -0.562. The van der Waals surface area contributed by atoms with E-state index in [1.165, 1.54) is 6.20 Å². The first-order valence-corrected chi connectivity index (χ1v) is 2.51. The molecule has 2 amide bonds. The zero-order valence-corrected chi connectivity index (χ0v) is 5.35. The van der Waals surface area contributed by atoms with Crippen LogP contribution in [0.3, 0.4) is 0 Å². The van der Waals surface area contributed by atoms with E-state index in [-0.39, 0.29) is 0 Å². The number of primary amides is 1. The summed E-state index contributed by atoms with van der Waals surface area (Å²) in [4.78, 5) is 10.0. The highest BCUT2D eigenvalue weighted by Crippen LogP contribution is 1.84. The Labute approximate surface area is 54.2 Å². The second-order valence-electron chi connectivity index (χ2n) is 1.69. The first-order valence-electron chi connectivity index (χ1n) is 2.51. The van der Waals surface area contributed by atoms with Crippen LogP contribution >= 0.6 is 0 Å². The van der Waals surface area contributed by atoms with E-state index in [1.807, 2.05) is 6.92 Å². The number of allylic oxidation sites excluding steroid dienone is 2. The third-order valence-corrected chi connectivity index (χ3v) is 0.593. The molecule has 0 spiro atoms. The quantitative estimate of drug-likeness (QED) is 0.527. The number of amides is 2. The van der Waals surface area contributed by atoms with Gasteiger partial charge in [-0.3, -0.25) is 0 Å². The molecule has 9 heavy (non-hydrogen) atoms. The smallest absolute Gasteiger partial charge is 0.316 e. The second kappa shape index (κ2) is 3.72. The lowest BCUT2D eigenvalue weighted by Crippen LogP contribution is -2.23. The number of carbonyl (C=O) groups excluding carboxylic acids is 1. The lowest BCUT2D eigenvalue weighted by Gasteiger charge is -1.88. The average Bonchev–Trinajstić information content (AvgIpc) is 1.63. The summed E-state index contributed by atoms with van der Waals surface area (Å²) >= 11 is 0. The van der Waals surface area contributed by atoms with Gasteiger partial charge in [0.25, 0.3) is 0 Å². The summed E-state index contributed by atoms with van der Waals surface area (Å²) in [6.07, 6.45) is 3.11. The number of carbonyl (C=O) groups is 1. The van der Waals surface area contributed by atoms with E-state index in [2.05, 4.69) is 11.9 Å². The molecule has 50 valence electrons. The van der Waals surface area contributed by atoms with Crippen molar-refractivity contribution in [3.8, 4) is 0 Å². The third-order valence-electron chi connectivity index (χ3n) is 0.593. The predicted molar refractivity (Wildman–Crippen MR) is 36.7 cm³/mol. The molecule has 0 aromatic rings. The fourth-order valence-corrected chi connectivity index (χ4v) is 0.266. The molecule has 0 aliphatic rings. The van der Waals surface area contributed by atoms with Crippen LogP contribution in [0.1, 0.15) is 6.92 Å². The maximum absolute atomic E-state index is 10.0. The van der Waals surface area contributed by atoms with Gasteiger partial charge in [0, 0.05) is 6.20 Å². The molecular weight excluding hydrogens is 116 g/mol. The lowest BCUT2D eigenvalue weighted by atomic mass is 10.3. The van der Waals surface area contributed by atoms with Gasteiger partial charge in [0.15, 0.2) is 0 Å². The molecule has 0 aromatic carbocycles. The predicted octanol–water partition coefficient (Wildman–Crippen LogP) is 0.745. The van der Waals surface area contributed by atoms with Crippen molar-refractivity contribution < 1.29 is 4.79 Å². The molecule has 0 saturated carbocycles. The lowest BCUT2D eigenvalue weighted by molar-refractivity contribution is 0.252. The van der Waals surface area contributed by atoms with Crippen molar-refractivity contribution in [3.05, 3.63) is 24.4 Å². The van der Waals surface area contributed by atoms with E-state index in [4.69, 9.17) is 5.73 Å². The first kappa shape index (κ1) is 7.75. The van der Waals surface area contributed by atoms with Gasteiger partial charge in [-0.15, -0.1) is 0 Å². The van der Waals surface area contributed by atoms with Gasteiger partial charge in [-0.05, 0) is 13.0 Å². The van der Waals surface area contributed by atoms with E-state index in [0.29, 0.717) is 0 Å². The van der Waals surface area contributed by atoms with Crippen molar-refractivity contribution in [2.24, 2.45) is 5.73 Å². The highest BCUT2D eigenvalue weighted by Gasteiger charge is 1.80. The average molecular weight is 126 g/mol. The molecular formula is C6H10N2O. The van der Waals surface area contributed by atoms with Gasteiger partial charge in [-0.25, -0.2) is 4.79 Å². The zero-order valence-electron chi connectivity index (χ0n) is 5.35. The Kier molecular flexibility index (Phi) is 3.20. The summed E-state index contributed by atoms with van der Waals surface area (Å²) in [6.45, 7) is 5.39. The van der Waals surface area contributed by atoms with Gasteiger partial charge in [0.05, 0.1) is 0 Å². The van der Waals surface area contributed by atoms with Gasteiger partial charge < -0.3 is 11.1 Å². The first-order chi connectivity index (χ1) is 4.13. The number of hydrogen-bond acceptors (Lipinski definition) is 1. The Morgan fingerprint density at radius 1 is 1.78 bits per heavy atom. The van der Waals surface area contributed by atoms with Crippen LogP contribution in [0, 0.1) is 0 Å². The Balaban J connectivity index is 3.48. The van der Waals surface area contributed by atoms with Crippen LogP contribution in [0.2, 0.25) is 0 Å². The van der Waals surface area contributed by atoms with Gasteiger partial charge >= 0.3 is 6.03 Å². The van der Waals surface area contributed by atoms with Crippen LogP contribution in [-0.2, 0) is 0 Å². The largest absolute Gasteiger partial charge is 0.351 e. The van der Waals surface area contributed by atoms with Gasteiger partial charge in [0.2, 0.25) is 0 Å². The Morgan fingerprint density at radius 2 is 2.33 bits per heavy atom. The van der Waals surface area contributed by atoms with Crippen molar-refractivity contribution in [2.75, 3.05) is 0 Å². The molecule has 0 atom stereocenters. The Bertz CT molecular complexity index is 149. The highest BCUT2D eigenvalue weighted by atomic mass is 16.2. The third kappa shape index (κ3) is 6.75. The van der Waals surface area contributed by atoms with Crippen molar-refractivity contribution in [1.29, 1.82) is 0 Å². The molecule has 0 saturated heterocycles. The molecule has 0 radical (unpaired) electrons. The maximum Gasteiger partial charge on any atom is 0.316 e. The molecule has 3 N–H and O–H groups in total. The molecule has 3 nitrogen and oxygen atoms in total. The van der Waals surface area contributed by atoms with E-state index in [1.54, 1.807) is 6.08 Å². The molecule has 3 heteroatoms. The van der Waals surface area contributed by atoms with Crippen LogP contribution in [0.4, 0.5) is 4.79 Å². The summed E-state index contributed by atoms with van der Waals surface area (Å²) in [5, 5.41) is 2.27. The molecule has 0 aliphatic carbocycles. The van der Waals surface area contributed by atoms with Gasteiger partial charge in [-0.1, -0.05) is 12.2 Å². The monoisotopic (exact) mass is 126 g/mol. The summed E-state index contributed by atoms with van der Waals surface area (Å²) in [5.74, 6) is 0. The highest BCUT2D eigenvalue weighted by molar-refractivity contribution is 5.72. The Hall–Kier alpha value is -1.25. The summed E-state index contributed by atoms with van der Waals surface area (Å²) in [5.41, 5.74) is 5.61. The van der Waals surface area contributed by atoms with Crippen LogP contribution < -0.4 is 11.1 Å². The fraction of sp³-hybridized carbons (Fsp3) is 0.167. The molecule has 0 bridgehead atoms. The normalized spacial score (nSPS) is 9.44. The van der Waals surface area contributed by atoms with Crippen molar-refractivity contribution in [3.63, 3.8) is 0 Å². The summed E-state index contributed by atoms with van der Waals surface area (Å²) in [6, 6.07) is -0.562. The minimum Gasteiger partial charge on any atom is -0.351 e. The fourth-order valence-electron chi connectivity index (χ4n) is 0.266. The van der Waals surface area contributed by atoms with Crippen molar-refractivity contribution in [1.82, 2.24) is 5.32 Å². The number of rotatable bonds is 2. The van der Waals surface area contributed by atoms with E-state index >= 15 is 0 Å². The number of urea groups is 1. The molecule has 0 rings (SSSR count). The molecule has 0 fully saturated rings. The molecule has 0 heterocycles. The van der Waals surface area contributed by atoms with Gasteiger partial charge in [0.1, 0.15) is 0 Å². The maximum atomic E-state index is 10.0. The van der Waals surface area contributed by atoms with Gasteiger partial charge in [-0.2, -0.15) is 0 Å². The van der Waals surface area contributed by atoms with Crippen LogP contribution in [0.25, 0.3) is 0 Å². The minimum absolute atomic E-state index is 0.562. The summed E-state index contributed by atoms with van der Waals surface area (Å²) < 4.78 is 0. The Morgan fingerprint density at radius 3 is 2.67 bits per heavy atom. The van der Waals surface area contributed by atoms with Crippen LogP contribution in [0.5, 0.6) is 0 Å². The molecule has 0 unspecified atom stereocenters. The van der Waals surface area contributed by atoms with Crippen molar-refractivity contribution in [2.45, 2.75) is 6.92 Å². The van der Waals surface area contributed by atoms with E-state index in [0.717, 1.165) is 5.57 Å². The number of hydrogen-bond donors (Lipinski definition) is 2. The van der Waals surface area contributed by atoms with Crippen molar-refractivity contribution >= 4 is 6.03 Å². The number of nitrogens with one attached hydrogen (secondary N) is 1. The molecule has 0 aliphatic heterocycles. The SMILES string of the molecule is C=C(C)C=CNC(N)=O. The number of nitrogens with two attached hydrogens (primary N) is 1. The second-order valence-corrected chi connectivity index (χ2v) is 1.69. The topological polar surface area (TPSA) is 55.1 Å². The molecule has 0 aromatic heterocycles.